The number of hydrogen-bond donors (Lipinski definition) is 2. The number of aromatic nitrogens is 1. The zero-order chi connectivity index (χ0) is 20.6. The number of pyridine rings is 1. The van der Waals surface area contributed by atoms with Gasteiger partial charge in [0.25, 0.3) is 5.56 Å². The summed E-state index contributed by atoms with van der Waals surface area (Å²) in [4.78, 5) is 25.9. The van der Waals surface area contributed by atoms with Crippen molar-refractivity contribution in [1.29, 1.82) is 0 Å². The van der Waals surface area contributed by atoms with Crippen LogP contribution in [0.15, 0.2) is 23.1 Å². The smallest absolute Gasteiger partial charge is 0.340 e. The van der Waals surface area contributed by atoms with E-state index in [1.54, 1.807) is 10.6 Å². The van der Waals surface area contributed by atoms with E-state index >= 15 is 0 Å². The van der Waals surface area contributed by atoms with Crippen LogP contribution in [0.25, 0.3) is 10.8 Å². The van der Waals surface area contributed by atoms with Crippen LogP contribution < -0.4 is 16.6 Å². The van der Waals surface area contributed by atoms with Crippen molar-refractivity contribution in [1.82, 2.24) is 9.88 Å². The first kappa shape index (κ1) is 19.0. The average molecular weight is 383 g/mol. The number of nitrogens with two attached hydrogens (primary N) is 1. The Bertz CT molecular complexity index is 1050. The van der Waals surface area contributed by atoms with E-state index in [2.05, 4.69) is 33.0 Å². The summed E-state index contributed by atoms with van der Waals surface area (Å²) >= 11 is 0. The number of hydrogen-bond acceptors (Lipinski definition) is 5. The summed E-state index contributed by atoms with van der Waals surface area (Å²) in [6.45, 7) is 12.3. The third-order valence-electron chi connectivity index (χ3n) is 6.01. The van der Waals surface area contributed by atoms with Gasteiger partial charge >= 0.3 is 5.97 Å². The quantitative estimate of drug-likeness (QED) is 0.582. The maximum Gasteiger partial charge on any atom is 0.340 e. The van der Waals surface area contributed by atoms with Crippen LogP contribution in [-0.2, 0) is 10.3 Å². The Morgan fingerprint density at radius 3 is 2.32 bits per heavy atom. The molecule has 0 radical (unpaired) electrons. The second kappa shape index (κ2) is 5.60. The molecule has 0 aliphatic carbocycles. The number of benzene rings is 1. The van der Waals surface area contributed by atoms with E-state index in [1.165, 1.54) is 0 Å². The molecule has 28 heavy (non-hydrogen) atoms. The highest BCUT2D eigenvalue weighted by Crippen LogP contribution is 2.41. The summed E-state index contributed by atoms with van der Waals surface area (Å²) in [5.41, 5.74) is 6.85. The van der Waals surface area contributed by atoms with Crippen molar-refractivity contribution in [3.8, 4) is 0 Å². The summed E-state index contributed by atoms with van der Waals surface area (Å²) in [7, 11) is 0. The van der Waals surface area contributed by atoms with Crippen LogP contribution in [0.5, 0.6) is 0 Å². The largest absolute Gasteiger partial charge is 0.451 e. The van der Waals surface area contributed by atoms with Crippen molar-refractivity contribution >= 4 is 22.4 Å². The molecule has 6 nitrogen and oxygen atoms in total. The molecule has 1 saturated heterocycles. The molecule has 1 fully saturated rings. The lowest BCUT2D eigenvalue weighted by molar-refractivity contribution is 0.00962. The SMILES string of the molecule is CC1(C)CC(n2ccc3c4c(cc(N)c3c2=O)C(C)(C)OC4=O)CC(C)(C)N1. The maximum atomic E-state index is 13.4. The van der Waals surface area contributed by atoms with Crippen LogP contribution >= 0.6 is 0 Å². The van der Waals surface area contributed by atoms with E-state index in [0.29, 0.717) is 22.0 Å². The van der Waals surface area contributed by atoms with Crippen LogP contribution in [-0.4, -0.2) is 21.6 Å². The molecule has 2 aliphatic heterocycles. The number of esters is 1. The van der Waals surface area contributed by atoms with Crippen molar-refractivity contribution in [2.24, 2.45) is 0 Å². The van der Waals surface area contributed by atoms with E-state index in [-0.39, 0.29) is 22.7 Å². The summed E-state index contributed by atoms with van der Waals surface area (Å²) in [5, 5.41) is 4.64. The molecule has 150 valence electrons. The van der Waals surface area contributed by atoms with E-state index in [1.807, 2.05) is 26.1 Å². The van der Waals surface area contributed by atoms with Crippen LogP contribution in [0.2, 0.25) is 0 Å². The average Bonchev–Trinajstić information content (AvgIpc) is 2.73. The highest BCUT2D eigenvalue weighted by atomic mass is 16.6. The number of carbonyl (C=O) groups is 1. The summed E-state index contributed by atoms with van der Waals surface area (Å²) in [6.07, 6.45) is 3.48. The minimum Gasteiger partial charge on any atom is -0.451 e. The number of piperidine rings is 1. The fourth-order valence-electron chi connectivity index (χ4n) is 5.27. The summed E-state index contributed by atoms with van der Waals surface area (Å²) in [6, 6.07) is 3.63. The van der Waals surface area contributed by atoms with Gasteiger partial charge in [-0.2, -0.15) is 0 Å². The molecule has 0 saturated carbocycles. The van der Waals surface area contributed by atoms with Crippen molar-refractivity contribution in [3.63, 3.8) is 0 Å². The number of carbonyl (C=O) groups excluding carboxylic acids is 1. The molecule has 0 spiro atoms. The number of nitrogen functional groups attached to an aromatic ring is 1. The zero-order valence-electron chi connectivity index (χ0n) is 17.5. The number of nitrogens with one attached hydrogen (secondary N) is 1. The second-order valence-electron chi connectivity index (χ2n) is 10.1. The van der Waals surface area contributed by atoms with Gasteiger partial charge in [0.1, 0.15) is 5.60 Å². The van der Waals surface area contributed by atoms with Gasteiger partial charge in [-0.3, -0.25) is 4.79 Å². The molecule has 0 atom stereocenters. The third kappa shape index (κ3) is 2.82. The Labute approximate surface area is 165 Å². The summed E-state index contributed by atoms with van der Waals surface area (Å²) < 4.78 is 7.30. The lowest BCUT2D eigenvalue weighted by Crippen LogP contribution is -2.58. The monoisotopic (exact) mass is 383 g/mol. The standard InChI is InChI=1S/C22H29N3O3/c1-20(2)10-12(11-21(3,4)24-20)25-8-7-13-16-14(22(5,6)28-19(16)27)9-15(23)17(13)18(25)26/h7-9,12,24H,10-11,23H2,1-6H3. The molecule has 0 bridgehead atoms. The van der Waals surface area contributed by atoms with Crippen molar-refractivity contribution < 1.29 is 9.53 Å². The van der Waals surface area contributed by atoms with Gasteiger partial charge in [-0.25, -0.2) is 4.79 Å². The summed E-state index contributed by atoms with van der Waals surface area (Å²) in [5.74, 6) is -0.397. The first-order chi connectivity index (χ1) is 12.8. The molecule has 0 amide bonds. The van der Waals surface area contributed by atoms with Gasteiger partial charge in [-0.15, -0.1) is 0 Å². The van der Waals surface area contributed by atoms with Gasteiger partial charge in [0.15, 0.2) is 0 Å². The van der Waals surface area contributed by atoms with Gasteiger partial charge in [0.2, 0.25) is 0 Å². The molecule has 6 heteroatoms. The first-order valence-electron chi connectivity index (χ1n) is 9.82. The van der Waals surface area contributed by atoms with E-state index < -0.39 is 11.6 Å². The fraction of sp³-hybridized carbons (Fsp3) is 0.545. The maximum absolute atomic E-state index is 13.4. The Morgan fingerprint density at radius 2 is 1.71 bits per heavy atom. The molecule has 2 aliphatic rings. The number of fused-ring (bicyclic) bond motifs is 3. The Hall–Kier alpha value is -2.34. The number of anilines is 1. The number of ether oxygens (including phenoxy) is 1. The predicted molar refractivity (Wildman–Crippen MR) is 111 cm³/mol. The molecular formula is C22H29N3O3. The topological polar surface area (TPSA) is 86.3 Å². The Kier molecular flexibility index (Phi) is 3.80. The van der Waals surface area contributed by atoms with Crippen molar-refractivity contribution in [2.75, 3.05) is 5.73 Å². The highest BCUT2D eigenvalue weighted by Gasteiger charge is 2.41. The van der Waals surface area contributed by atoms with Crippen LogP contribution in [0, 0.1) is 0 Å². The van der Waals surface area contributed by atoms with Gasteiger partial charge in [-0.1, -0.05) is 0 Å². The van der Waals surface area contributed by atoms with Gasteiger partial charge < -0.3 is 20.4 Å². The zero-order valence-corrected chi connectivity index (χ0v) is 17.5. The minimum atomic E-state index is -0.743. The van der Waals surface area contributed by atoms with E-state index in [0.717, 1.165) is 18.4 Å². The van der Waals surface area contributed by atoms with Gasteiger partial charge in [-0.05, 0) is 66.5 Å². The molecular weight excluding hydrogens is 354 g/mol. The molecule has 0 unspecified atom stereocenters. The lowest BCUT2D eigenvalue weighted by atomic mass is 9.79. The van der Waals surface area contributed by atoms with Crippen molar-refractivity contribution in [3.05, 3.63) is 39.8 Å². The molecule has 3 heterocycles. The normalized spacial score (nSPS) is 22.9. The van der Waals surface area contributed by atoms with Crippen LogP contribution in [0.3, 0.4) is 0 Å². The number of cyclic esters (lactones) is 1. The lowest BCUT2D eigenvalue weighted by Gasteiger charge is -2.47. The molecule has 1 aromatic heterocycles. The highest BCUT2D eigenvalue weighted by molar-refractivity contribution is 6.11. The predicted octanol–water partition coefficient (Wildman–Crippen LogP) is 3.47. The molecule has 4 rings (SSSR count). The Balaban J connectivity index is 1.92. The second-order valence-corrected chi connectivity index (χ2v) is 10.1. The minimum absolute atomic E-state index is 0.0548. The third-order valence-corrected chi connectivity index (χ3v) is 6.01. The molecule has 3 N–H and O–H groups in total. The van der Waals surface area contributed by atoms with Gasteiger partial charge in [0, 0.05) is 40.0 Å². The van der Waals surface area contributed by atoms with E-state index in [9.17, 15) is 9.59 Å². The van der Waals surface area contributed by atoms with Crippen LogP contribution in [0.4, 0.5) is 5.69 Å². The van der Waals surface area contributed by atoms with Crippen molar-refractivity contribution in [2.45, 2.75) is 77.1 Å². The molecule has 1 aromatic carbocycles. The number of rotatable bonds is 1. The molecule has 2 aromatic rings. The van der Waals surface area contributed by atoms with Gasteiger partial charge in [0.05, 0.1) is 10.9 Å². The van der Waals surface area contributed by atoms with Crippen LogP contribution in [0.1, 0.15) is 76.3 Å². The fourth-order valence-corrected chi connectivity index (χ4v) is 5.27. The Morgan fingerprint density at radius 1 is 1.11 bits per heavy atom. The number of nitrogens with zero attached hydrogens (tertiary/aromatic N) is 1. The van der Waals surface area contributed by atoms with E-state index in [4.69, 9.17) is 10.5 Å². The first-order valence-corrected chi connectivity index (χ1v) is 9.82.